The summed E-state index contributed by atoms with van der Waals surface area (Å²) in [6.45, 7) is 9.27. The van der Waals surface area contributed by atoms with Gasteiger partial charge in [-0.05, 0) is 39.7 Å². The second-order valence-electron chi connectivity index (χ2n) is 5.41. The van der Waals surface area contributed by atoms with Crippen LogP contribution in [-0.4, -0.2) is 38.8 Å². The number of hydrogen-bond donors (Lipinski definition) is 1. The van der Waals surface area contributed by atoms with Crippen LogP contribution in [0, 0.1) is 5.92 Å². The first-order valence-electron chi connectivity index (χ1n) is 6.49. The minimum Gasteiger partial charge on any atom is -0.393 e. The minimum atomic E-state index is -0.185. The molecule has 96 valence electrons. The van der Waals surface area contributed by atoms with Crippen LogP contribution in [0.25, 0.3) is 0 Å². The summed E-state index contributed by atoms with van der Waals surface area (Å²) in [6, 6.07) is 0.461. The molecule has 4 heteroatoms. The van der Waals surface area contributed by atoms with Crippen LogP contribution in [0.3, 0.4) is 0 Å². The van der Waals surface area contributed by atoms with Crippen molar-refractivity contribution in [3.63, 3.8) is 0 Å². The van der Waals surface area contributed by atoms with Crippen molar-refractivity contribution in [2.45, 2.75) is 45.9 Å². The molecule has 1 saturated heterocycles. The Bertz CT molecular complexity index is 359. The molecule has 4 nitrogen and oxygen atoms in total. The largest absolute Gasteiger partial charge is 0.393 e. The molecule has 0 amide bonds. The molecule has 0 radical (unpaired) electrons. The molecule has 2 atom stereocenters. The van der Waals surface area contributed by atoms with Crippen LogP contribution in [0.15, 0.2) is 12.5 Å². The van der Waals surface area contributed by atoms with Gasteiger partial charge in [0.15, 0.2) is 0 Å². The molecule has 1 aliphatic heterocycles. The van der Waals surface area contributed by atoms with Crippen molar-refractivity contribution in [1.82, 2.24) is 14.5 Å². The topological polar surface area (TPSA) is 41.3 Å². The predicted molar refractivity (Wildman–Crippen MR) is 67.7 cm³/mol. The zero-order chi connectivity index (χ0) is 12.4. The summed E-state index contributed by atoms with van der Waals surface area (Å²) in [5.41, 5.74) is 1.27. The van der Waals surface area contributed by atoms with E-state index in [9.17, 15) is 5.11 Å². The molecule has 0 aliphatic carbocycles. The maximum Gasteiger partial charge on any atom is 0.0951 e. The standard InChI is InChI=1S/C13H23N3O/c1-10(2)16-9-14-6-13(16)8-15-5-4-12(7-15)11(3)17/h6,9-12,17H,4-5,7-8H2,1-3H3. The van der Waals surface area contributed by atoms with Gasteiger partial charge in [-0.3, -0.25) is 4.90 Å². The molecule has 0 bridgehead atoms. The number of aromatic nitrogens is 2. The Hall–Kier alpha value is -0.870. The summed E-state index contributed by atoms with van der Waals surface area (Å²) in [4.78, 5) is 6.64. The lowest BCUT2D eigenvalue weighted by Crippen LogP contribution is -2.25. The molecule has 1 N–H and O–H groups in total. The first kappa shape index (κ1) is 12.6. The van der Waals surface area contributed by atoms with Crippen molar-refractivity contribution in [2.75, 3.05) is 13.1 Å². The second kappa shape index (κ2) is 5.19. The first-order valence-corrected chi connectivity index (χ1v) is 6.49. The van der Waals surface area contributed by atoms with Gasteiger partial charge in [0.05, 0.1) is 18.1 Å². The van der Waals surface area contributed by atoms with E-state index in [0.717, 1.165) is 26.1 Å². The fourth-order valence-electron chi connectivity index (χ4n) is 2.55. The van der Waals surface area contributed by atoms with Gasteiger partial charge < -0.3 is 9.67 Å². The van der Waals surface area contributed by atoms with Crippen molar-refractivity contribution in [3.8, 4) is 0 Å². The number of hydrogen-bond acceptors (Lipinski definition) is 3. The van der Waals surface area contributed by atoms with Crippen LogP contribution in [0.2, 0.25) is 0 Å². The molecule has 1 aromatic heterocycles. The van der Waals surface area contributed by atoms with Crippen LogP contribution in [-0.2, 0) is 6.54 Å². The third-order valence-electron chi connectivity index (χ3n) is 3.68. The average molecular weight is 237 g/mol. The number of imidazole rings is 1. The normalized spacial score (nSPS) is 23.5. The van der Waals surface area contributed by atoms with Gasteiger partial charge in [-0.25, -0.2) is 4.98 Å². The highest BCUT2D eigenvalue weighted by atomic mass is 16.3. The van der Waals surface area contributed by atoms with Crippen molar-refractivity contribution >= 4 is 0 Å². The van der Waals surface area contributed by atoms with Gasteiger partial charge in [-0.15, -0.1) is 0 Å². The van der Waals surface area contributed by atoms with Gasteiger partial charge in [0.25, 0.3) is 0 Å². The van der Waals surface area contributed by atoms with Crippen molar-refractivity contribution < 1.29 is 5.11 Å². The quantitative estimate of drug-likeness (QED) is 0.866. The van der Waals surface area contributed by atoms with Crippen molar-refractivity contribution in [2.24, 2.45) is 5.92 Å². The van der Waals surface area contributed by atoms with E-state index in [1.807, 2.05) is 19.4 Å². The maximum absolute atomic E-state index is 9.59. The minimum absolute atomic E-state index is 0.185. The van der Waals surface area contributed by atoms with Crippen LogP contribution in [0.5, 0.6) is 0 Å². The number of likely N-dealkylation sites (tertiary alicyclic amines) is 1. The van der Waals surface area contributed by atoms with E-state index >= 15 is 0 Å². The zero-order valence-corrected chi connectivity index (χ0v) is 11.0. The summed E-state index contributed by atoms with van der Waals surface area (Å²) in [5.74, 6) is 0.436. The molecule has 17 heavy (non-hydrogen) atoms. The highest BCUT2D eigenvalue weighted by Crippen LogP contribution is 2.22. The number of aliphatic hydroxyl groups is 1. The van der Waals surface area contributed by atoms with E-state index in [2.05, 4.69) is 28.3 Å². The molecule has 0 aromatic carbocycles. The third-order valence-corrected chi connectivity index (χ3v) is 3.68. The molecule has 2 rings (SSSR count). The van der Waals surface area contributed by atoms with Crippen LogP contribution < -0.4 is 0 Å². The summed E-state index contributed by atoms with van der Waals surface area (Å²) >= 11 is 0. The Kier molecular flexibility index (Phi) is 3.84. The lowest BCUT2D eigenvalue weighted by atomic mass is 10.0. The number of rotatable bonds is 4. The summed E-state index contributed by atoms with van der Waals surface area (Å²) in [5, 5.41) is 9.59. The molecule has 2 heterocycles. The van der Waals surface area contributed by atoms with Crippen molar-refractivity contribution in [3.05, 3.63) is 18.2 Å². The van der Waals surface area contributed by atoms with Crippen LogP contribution in [0.4, 0.5) is 0 Å². The molecule has 1 fully saturated rings. The van der Waals surface area contributed by atoms with Gasteiger partial charge >= 0.3 is 0 Å². The van der Waals surface area contributed by atoms with E-state index in [1.165, 1.54) is 5.69 Å². The number of aliphatic hydroxyl groups excluding tert-OH is 1. The van der Waals surface area contributed by atoms with Gasteiger partial charge in [-0.1, -0.05) is 0 Å². The first-order chi connectivity index (χ1) is 8.08. The lowest BCUT2D eigenvalue weighted by Gasteiger charge is -2.19. The van der Waals surface area contributed by atoms with Gasteiger partial charge in [0.1, 0.15) is 0 Å². The van der Waals surface area contributed by atoms with Gasteiger partial charge in [0, 0.05) is 25.3 Å². The third kappa shape index (κ3) is 2.87. The highest BCUT2D eigenvalue weighted by molar-refractivity contribution is 5.00. The molecule has 0 saturated carbocycles. The molecule has 1 aliphatic rings. The Morgan fingerprint density at radius 1 is 1.47 bits per heavy atom. The molecule has 1 aromatic rings. The van der Waals surface area contributed by atoms with E-state index in [-0.39, 0.29) is 6.10 Å². The fourth-order valence-corrected chi connectivity index (χ4v) is 2.55. The molecule has 2 unspecified atom stereocenters. The average Bonchev–Trinajstić information content (AvgIpc) is 2.86. The molecular formula is C13H23N3O. The highest BCUT2D eigenvalue weighted by Gasteiger charge is 2.26. The van der Waals surface area contributed by atoms with E-state index in [4.69, 9.17) is 0 Å². The lowest BCUT2D eigenvalue weighted by molar-refractivity contribution is 0.127. The van der Waals surface area contributed by atoms with E-state index in [0.29, 0.717) is 12.0 Å². The maximum atomic E-state index is 9.59. The second-order valence-corrected chi connectivity index (χ2v) is 5.41. The van der Waals surface area contributed by atoms with E-state index < -0.39 is 0 Å². The summed E-state index contributed by atoms with van der Waals surface area (Å²) < 4.78 is 2.22. The SMILES string of the molecule is CC(O)C1CCN(Cc2cncn2C(C)C)C1. The summed E-state index contributed by atoms with van der Waals surface area (Å²) in [7, 11) is 0. The van der Waals surface area contributed by atoms with E-state index in [1.54, 1.807) is 0 Å². The number of nitrogens with zero attached hydrogens (tertiary/aromatic N) is 3. The monoisotopic (exact) mass is 237 g/mol. The Morgan fingerprint density at radius 3 is 2.82 bits per heavy atom. The van der Waals surface area contributed by atoms with Gasteiger partial charge in [-0.2, -0.15) is 0 Å². The Balaban J connectivity index is 1.96. The van der Waals surface area contributed by atoms with Gasteiger partial charge in [0.2, 0.25) is 0 Å². The fraction of sp³-hybridized carbons (Fsp3) is 0.769. The Morgan fingerprint density at radius 2 is 2.24 bits per heavy atom. The Labute approximate surface area is 103 Å². The smallest absolute Gasteiger partial charge is 0.0951 e. The summed E-state index contributed by atoms with van der Waals surface area (Å²) in [6.07, 6.45) is 4.78. The molecular weight excluding hydrogens is 214 g/mol. The molecule has 0 spiro atoms. The predicted octanol–water partition coefficient (Wildman–Crippen LogP) is 1.67. The van der Waals surface area contributed by atoms with Crippen molar-refractivity contribution in [1.29, 1.82) is 0 Å². The van der Waals surface area contributed by atoms with Crippen LogP contribution >= 0.6 is 0 Å². The van der Waals surface area contributed by atoms with Crippen LogP contribution in [0.1, 0.15) is 38.9 Å². The zero-order valence-electron chi connectivity index (χ0n) is 11.0.